The summed E-state index contributed by atoms with van der Waals surface area (Å²) in [5.41, 5.74) is 1.06. The Labute approximate surface area is 175 Å². The largest absolute Gasteiger partial charge is 0.454 e. The van der Waals surface area contributed by atoms with Crippen LogP contribution in [0, 0.1) is 10.1 Å². The first-order chi connectivity index (χ1) is 14.4. The molecule has 2 aliphatic heterocycles. The molecule has 30 heavy (non-hydrogen) atoms. The zero-order valence-corrected chi connectivity index (χ0v) is 17.4. The average Bonchev–Trinajstić information content (AvgIpc) is 3.43. The lowest BCUT2D eigenvalue weighted by molar-refractivity contribution is -0.384. The van der Waals surface area contributed by atoms with Gasteiger partial charge in [0.25, 0.3) is 5.69 Å². The molecule has 0 bridgehead atoms. The second kappa shape index (κ2) is 8.11. The van der Waals surface area contributed by atoms with E-state index >= 15 is 0 Å². The van der Waals surface area contributed by atoms with Gasteiger partial charge in [0, 0.05) is 32.2 Å². The topological polar surface area (TPSA) is 102 Å². The summed E-state index contributed by atoms with van der Waals surface area (Å²) in [6.07, 6.45) is 1.61. The number of rotatable bonds is 7. The highest BCUT2D eigenvalue weighted by atomic mass is 32.2. The number of nitro benzene ring substituents is 1. The van der Waals surface area contributed by atoms with E-state index < -0.39 is 14.9 Å². The Morgan fingerprint density at radius 2 is 1.83 bits per heavy atom. The number of fused-ring (bicyclic) bond motifs is 1. The van der Waals surface area contributed by atoms with E-state index in [2.05, 4.69) is 0 Å². The van der Waals surface area contributed by atoms with Crippen molar-refractivity contribution in [3.8, 4) is 11.5 Å². The molecule has 4 rings (SSSR count). The monoisotopic (exact) mass is 433 g/mol. The summed E-state index contributed by atoms with van der Waals surface area (Å²) < 4.78 is 37.8. The highest BCUT2D eigenvalue weighted by Gasteiger charge is 2.30. The average molecular weight is 433 g/mol. The Morgan fingerprint density at radius 1 is 1.10 bits per heavy atom. The summed E-state index contributed by atoms with van der Waals surface area (Å²) in [5, 5.41) is 11.8. The molecule has 2 aromatic carbocycles. The van der Waals surface area contributed by atoms with Gasteiger partial charge in [-0.1, -0.05) is 6.07 Å². The predicted octanol–water partition coefficient (Wildman–Crippen LogP) is 3.13. The van der Waals surface area contributed by atoms with Crippen LogP contribution in [-0.4, -0.2) is 44.1 Å². The van der Waals surface area contributed by atoms with Gasteiger partial charge in [0.05, 0.1) is 9.82 Å². The maximum atomic E-state index is 12.8. The van der Waals surface area contributed by atoms with Crippen molar-refractivity contribution in [3.05, 3.63) is 52.1 Å². The van der Waals surface area contributed by atoms with E-state index in [0.29, 0.717) is 43.4 Å². The summed E-state index contributed by atoms with van der Waals surface area (Å²) in [7, 11) is -3.73. The summed E-state index contributed by atoms with van der Waals surface area (Å²) in [4.78, 5) is 13.0. The molecule has 0 N–H and O–H groups in total. The van der Waals surface area contributed by atoms with Gasteiger partial charge in [-0.2, -0.15) is 4.31 Å². The van der Waals surface area contributed by atoms with Crippen LogP contribution in [-0.2, 0) is 16.6 Å². The second-order valence-corrected chi connectivity index (χ2v) is 9.16. The van der Waals surface area contributed by atoms with Crippen molar-refractivity contribution >= 4 is 21.4 Å². The smallest absolute Gasteiger partial charge is 0.293 e. The van der Waals surface area contributed by atoms with Gasteiger partial charge in [0.2, 0.25) is 16.8 Å². The number of hydrogen-bond acceptors (Lipinski definition) is 7. The molecule has 0 unspecified atom stereocenters. The molecule has 9 nitrogen and oxygen atoms in total. The quantitative estimate of drug-likeness (QED) is 0.488. The molecule has 0 aliphatic carbocycles. The first-order valence-corrected chi connectivity index (χ1v) is 11.3. The molecule has 2 aromatic rings. The fourth-order valence-electron chi connectivity index (χ4n) is 3.78. The molecule has 0 atom stereocenters. The molecule has 2 heterocycles. The van der Waals surface area contributed by atoms with Crippen LogP contribution in [0.5, 0.6) is 11.5 Å². The van der Waals surface area contributed by atoms with E-state index in [0.717, 1.165) is 18.4 Å². The molecular weight excluding hydrogens is 410 g/mol. The van der Waals surface area contributed by atoms with Crippen LogP contribution in [0.3, 0.4) is 0 Å². The molecule has 0 saturated carbocycles. The maximum absolute atomic E-state index is 12.8. The third kappa shape index (κ3) is 3.80. The normalized spacial score (nSPS) is 16.0. The summed E-state index contributed by atoms with van der Waals surface area (Å²) in [5.74, 6) is 1.31. The molecule has 1 saturated heterocycles. The summed E-state index contributed by atoms with van der Waals surface area (Å²) in [6, 6.07) is 9.70. The van der Waals surface area contributed by atoms with Gasteiger partial charge in [0.15, 0.2) is 11.5 Å². The van der Waals surface area contributed by atoms with Crippen molar-refractivity contribution in [1.29, 1.82) is 0 Å². The number of hydrogen-bond donors (Lipinski definition) is 0. The van der Waals surface area contributed by atoms with Crippen LogP contribution in [0.15, 0.2) is 41.3 Å². The number of nitro groups is 1. The third-order valence-corrected chi connectivity index (χ3v) is 7.27. The molecule has 1 fully saturated rings. The minimum Gasteiger partial charge on any atom is -0.454 e. The molecule has 160 valence electrons. The number of ether oxygens (including phenoxy) is 2. The first kappa shape index (κ1) is 20.4. The Hall–Kier alpha value is -2.85. The van der Waals surface area contributed by atoms with Gasteiger partial charge in [-0.15, -0.1) is 0 Å². The van der Waals surface area contributed by atoms with Gasteiger partial charge in [-0.25, -0.2) is 8.42 Å². The van der Waals surface area contributed by atoms with Gasteiger partial charge in [0.1, 0.15) is 5.69 Å². The molecule has 10 heteroatoms. The van der Waals surface area contributed by atoms with Crippen molar-refractivity contribution in [2.75, 3.05) is 31.3 Å². The number of sulfonamides is 1. The van der Waals surface area contributed by atoms with E-state index in [4.69, 9.17) is 9.47 Å². The Kier molecular flexibility index (Phi) is 5.52. The first-order valence-electron chi connectivity index (χ1n) is 9.82. The maximum Gasteiger partial charge on any atom is 0.293 e. The van der Waals surface area contributed by atoms with Crippen LogP contribution in [0.4, 0.5) is 11.4 Å². The van der Waals surface area contributed by atoms with Crippen LogP contribution >= 0.6 is 0 Å². The molecular formula is C20H23N3O6S. The molecule has 0 aromatic heterocycles. The van der Waals surface area contributed by atoms with Crippen LogP contribution in [0.2, 0.25) is 0 Å². The van der Waals surface area contributed by atoms with Crippen LogP contribution < -0.4 is 14.4 Å². The van der Waals surface area contributed by atoms with Crippen LogP contribution in [0.1, 0.15) is 25.3 Å². The van der Waals surface area contributed by atoms with E-state index in [1.165, 1.54) is 22.5 Å². The van der Waals surface area contributed by atoms with Crippen molar-refractivity contribution in [2.24, 2.45) is 0 Å². The van der Waals surface area contributed by atoms with Gasteiger partial charge in [-0.3, -0.25) is 10.1 Å². The lowest BCUT2D eigenvalue weighted by atomic mass is 10.1. The highest BCUT2D eigenvalue weighted by molar-refractivity contribution is 7.89. The van der Waals surface area contributed by atoms with Gasteiger partial charge in [-0.05, 0) is 49.6 Å². The van der Waals surface area contributed by atoms with Crippen molar-refractivity contribution in [2.45, 2.75) is 31.2 Å². The molecule has 2 aliphatic rings. The summed E-state index contributed by atoms with van der Waals surface area (Å²) >= 11 is 0. The Balaban J connectivity index is 1.65. The highest BCUT2D eigenvalue weighted by Crippen LogP contribution is 2.36. The lowest BCUT2D eigenvalue weighted by Crippen LogP contribution is -2.28. The van der Waals surface area contributed by atoms with Crippen molar-refractivity contribution in [1.82, 2.24) is 4.31 Å². The Bertz CT molecular complexity index is 1070. The van der Waals surface area contributed by atoms with Gasteiger partial charge < -0.3 is 14.4 Å². The zero-order chi connectivity index (χ0) is 21.3. The minimum atomic E-state index is -3.73. The second-order valence-electron chi connectivity index (χ2n) is 7.22. The molecule has 0 radical (unpaired) electrons. The number of nitrogens with zero attached hydrogens (tertiary/aromatic N) is 3. The van der Waals surface area contributed by atoms with E-state index in [1.54, 1.807) is 0 Å². The van der Waals surface area contributed by atoms with Gasteiger partial charge >= 0.3 is 0 Å². The molecule has 0 spiro atoms. The zero-order valence-electron chi connectivity index (χ0n) is 16.6. The van der Waals surface area contributed by atoms with Crippen molar-refractivity contribution < 1.29 is 22.8 Å². The van der Waals surface area contributed by atoms with Crippen molar-refractivity contribution in [3.63, 3.8) is 0 Å². The van der Waals surface area contributed by atoms with E-state index in [9.17, 15) is 18.5 Å². The predicted molar refractivity (Wildman–Crippen MR) is 110 cm³/mol. The fraction of sp³-hybridized carbons (Fsp3) is 0.400. The summed E-state index contributed by atoms with van der Waals surface area (Å²) in [6.45, 7) is 3.88. The molecule has 0 amide bonds. The Morgan fingerprint density at radius 3 is 2.53 bits per heavy atom. The fourth-order valence-corrected chi connectivity index (χ4v) is 5.32. The third-order valence-electron chi connectivity index (χ3n) is 5.38. The SMILES string of the molecule is CCN(Cc1ccc2c(c1)OCO2)c1ccc(S(=O)(=O)N2CCCC2)cc1[N+](=O)[O-]. The number of benzene rings is 2. The van der Waals surface area contributed by atoms with E-state index in [1.807, 2.05) is 30.0 Å². The minimum absolute atomic E-state index is 0.0426. The number of anilines is 1. The standard InChI is InChI=1S/C20H23N3O6S/c1-2-21(13-15-5-8-19-20(11-15)29-14-28-19)17-7-6-16(12-18(17)23(24)25)30(26,27)22-9-3-4-10-22/h5-8,11-12H,2-4,9-10,13-14H2,1H3. The lowest BCUT2D eigenvalue weighted by Gasteiger charge is -2.24. The van der Waals surface area contributed by atoms with Crippen LogP contribution in [0.25, 0.3) is 0 Å². The van der Waals surface area contributed by atoms with E-state index in [-0.39, 0.29) is 17.4 Å².